The molecule has 0 radical (unpaired) electrons. The summed E-state index contributed by atoms with van der Waals surface area (Å²) in [6.45, 7) is 5.79. The molecule has 6 nitrogen and oxygen atoms in total. The van der Waals surface area contributed by atoms with Crippen molar-refractivity contribution in [1.29, 1.82) is 0 Å². The third-order valence-corrected chi connectivity index (χ3v) is 7.78. The second-order valence-electron chi connectivity index (χ2n) is 9.79. The zero-order chi connectivity index (χ0) is 25.2. The van der Waals surface area contributed by atoms with E-state index >= 15 is 0 Å². The quantitative estimate of drug-likeness (QED) is 0.519. The molecule has 188 valence electrons. The molecular weight excluding hydrogens is 487 g/mol. The van der Waals surface area contributed by atoms with E-state index in [9.17, 15) is 14.7 Å². The lowest BCUT2D eigenvalue weighted by Crippen LogP contribution is -2.61. The van der Waals surface area contributed by atoms with Crippen LogP contribution in [0.3, 0.4) is 0 Å². The number of halogens is 2. The van der Waals surface area contributed by atoms with Crippen LogP contribution in [-0.2, 0) is 14.3 Å². The molecule has 2 heterocycles. The van der Waals surface area contributed by atoms with Gasteiger partial charge in [-0.05, 0) is 48.2 Å². The Balaban J connectivity index is 1.89. The molecular formula is C27H32Cl2N2O4. The summed E-state index contributed by atoms with van der Waals surface area (Å²) < 4.78 is 6.13. The second-order valence-corrected chi connectivity index (χ2v) is 10.7. The Morgan fingerprint density at radius 2 is 1.94 bits per heavy atom. The number of morpholine rings is 1. The summed E-state index contributed by atoms with van der Waals surface area (Å²) in [7, 11) is 0. The smallest absolute Gasteiger partial charge is 0.304 e. The second kappa shape index (κ2) is 10.9. The molecule has 2 aliphatic heterocycles. The number of rotatable bonds is 7. The van der Waals surface area contributed by atoms with Gasteiger partial charge in [-0.15, -0.1) is 0 Å². The minimum atomic E-state index is -1.07. The van der Waals surface area contributed by atoms with Gasteiger partial charge in [0.05, 0.1) is 36.6 Å². The van der Waals surface area contributed by atoms with Crippen LogP contribution in [0.5, 0.6) is 0 Å². The third kappa shape index (κ3) is 5.51. The zero-order valence-corrected chi connectivity index (χ0v) is 21.6. The van der Waals surface area contributed by atoms with E-state index in [0.29, 0.717) is 36.0 Å². The van der Waals surface area contributed by atoms with Crippen LogP contribution < -0.4 is 5.32 Å². The third-order valence-electron chi connectivity index (χ3n) is 7.29. The molecule has 2 aromatic rings. The number of likely N-dealkylation sites (tertiary alicyclic amines) is 1. The molecule has 2 fully saturated rings. The highest BCUT2D eigenvalue weighted by Gasteiger charge is 2.53. The molecule has 5 atom stereocenters. The molecule has 8 heteroatoms. The molecule has 2 aromatic carbocycles. The van der Waals surface area contributed by atoms with E-state index in [1.165, 1.54) is 0 Å². The van der Waals surface area contributed by atoms with E-state index in [0.717, 1.165) is 17.7 Å². The van der Waals surface area contributed by atoms with E-state index in [-0.39, 0.29) is 36.4 Å². The lowest BCUT2D eigenvalue weighted by Gasteiger charge is -2.53. The zero-order valence-electron chi connectivity index (χ0n) is 20.0. The van der Waals surface area contributed by atoms with Gasteiger partial charge in [0.2, 0.25) is 5.91 Å². The number of ether oxygens (including phenoxy) is 1. The van der Waals surface area contributed by atoms with E-state index in [4.69, 9.17) is 27.9 Å². The first kappa shape index (κ1) is 26.0. The molecule has 2 N–H and O–H groups in total. The lowest BCUT2D eigenvalue weighted by molar-refractivity contribution is -0.165. The van der Waals surface area contributed by atoms with Gasteiger partial charge in [0.1, 0.15) is 0 Å². The van der Waals surface area contributed by atoms with Gasteiger partial charge in [-0.3, -0.25) is 9.59 Å². The number of aliphatic carboxylic acids is 1. The number of nitrogens with zero attached hydrogens (tertiary/aromatic N) is 1. The Morgan fingerprint density at radius 1 is 1.20 bits per heavy atom. The monoisotopic (exact) mass is 518 g/mol. The summed E-state index contributed by atoms with van der Waals surface area (Å²) in [5, 5.41) is 14.3. The number of carbonyl (C=O) groups is 2. The van der Waals surface area contributed by atoms with Crippen molar-refractivity contribution in [1.82, 2.24) is 10.2 Å². The molecule has 1 unspecified atom stereocenters. The highest BCUT2D eigenvalue weighted by atomic mass is 35.5. The summed E-state index contributed by atoms with van der Waals surface area (Å²) >= 11 is 12.6. The number of carboxylic acid groups (broad SMARTS) is 1. The first-order valence-electron chi connectivity index (χ1n) is 12.1. The highest BCUT2D eigenvalue weighted by molar-refractivity contribution is 6.30. The largest absolute Gasteiger partial charge is 0.481 e. The Morgan fingerprint density at radius 3 is 2.54 bits per heavy atom. The van der Waals surface area contributed by atoms with Crippen molar-refractivity contribution in [2.75, 3.05) is 19.7 Å². The van der Waals surface area contributed by atoms with Crippen LogP contribution in [0.2, 0.25) is 10.0 Å². The predicted molar refractivity (Wildman–Crippen MR) is 137 cm³/mol. The maximum absolute atomic E-state index is 14.3. The molecule has 1 amide bonds. The molecule has 35 heavy (non-hydrogen) atoms. The number of carbonyl (C=O) groups excluding carboxylic acids is 1. The Bertz CT molecular complexity index is 1060. The molecule has 0 spiro atoms. The van der Waals surface area contributed by atoms with Gasteiger partial charge in [-0.25, -0.2) is 0 Å². The molecule has 2 aliphatic rings. The van der Waals surface area contributed by atoms with Crippen molar-refractivity contribution in [2.45, 2.75) is 57.2 Å². The molecule has 0 aliphatic carbocycles. The van der Waals surface area contributed by atoms with Crippen LogP contribution in [-0.4, -0.2) is 53.7 Å². The number of nitrogens with one attached hydrogen (secondary N) is 1. The van der Waals surface area contributed by atoms with Gasteiger partial charge >= 0.3 is 5.97 Å². The van der Waals surface area contributed by atoms with Gasteiger partial charge in [0.25, 0.3) is 0 Å². The van der Waals surface area contributed by atoms with Gasteiger partial charge < -0.3 is 20.1 Å². The van der Waals surface area contributed by atoms with Crippen LogP contribution in [0, 0.1) is 5.41 Å². The van der Waals surface area contributed by atoms with Crippen molar-refractivity contribution < 1.29 is 19.4 Å². The Hall–Kier alpha value is -2.12. The fraction of sp³-hybridized carbons (Fsp3) is 0.481. The summed E-state index contributed by atoms with van der Waals surface area (Å²) in [6, 6.07) is 14.7. The number of carboxylic acids is 1. The Labute approximate surface area is 216 Å². The van der Waals surface area contributed by atoms with Crippen molar-refractivity contribution in [3.8, 4) is 0 Å². The number of hydrogen-bond acceptors (Lipinski definition) is 4. The first-order valence-corrected chi connectivity index (χ1v) is 12.9. The summed E-state index contributed by atoms with van der Waals surface area (Å²) in [6.07, 6.45) is 0.628. The summed E-state index contributed by atoms with van der Waals surface area (Å²) in [5.41, 5.74) is 0.855. The average molecular weight is 519 g/mol. The lowest BCUT2D eigenvalue weighted by atomic mass is 9.66. The van der Waals surface area contributed by atoms with E-state index < -0.39 is 11.4 Å². The number of piperidine rings is 1. The standard InChI is InChI=1S/C27H32Cl2N2O4/c1-3-22(23-16-30-11-12-35-23)31-25(17-7-9-19(28)10-8-17)21(18-5-4-6-20(29)13-18)14-27(2,26(31)34)15-24(32)33/h4-10,13,21-23,25,30H,3,11-12,14-16H2,1-2H3,(H,32,33)/t21-,22?,23+,25-,27-/m1/s1. The molecule has 0 saturated carbocycles. The van der Waals surface area contributed by atoms with E-state index in [2.05, 4.69) is 5.32 Å². The Kier molecular flexibility index (Phi) is 8.06. The average Bonchev–Trinajstić information content (AvgIpc) is 2.83. The first-order chi connectivity index (χ1) is 16.7. The minimum Gasteiger partial charge on any atom is -0.481 e. The number of hydrogen-bond donors (Lipinski definition) is 2. The normalized spacial score (nSPS) is 28.1. The minimum absolute atomic E-state index is 0.154. The van der Waals surface area contributed by atoms with Crippen LogP contribution in [0.25, 0.3) is 0 Å². The molecule has 0 bridgehead atoms. The fourth-order valence-electron chi connectivity index (χ4n) is 5.72. The maximum atomic E-state index is 14.3. The van der Waals surface area contributed by atoms with Gasteiger partial charge in [0, 0.05) is 29.1 Å². The molecule has 4 rings (SSSR count). The van der Waals surface area contributed by atoms with Crippen molar-refractivity contribution in [3.05, 3.63) is 69.7 Å². The van der Waals surface area contributed by atoms with E-state index in [1.54, 1.807) is 6.92 Å². The summed E-state index contributed by atoms with van der Waals surface area (Å²) in [4.78, 5) is 28.1. The predicted octanol–water partition coefficient (Wildman–Crippen LogP) is 5.30. The SMILES string of the molecule is CCC([C@@H]1CNCCO1)N1C(=O)[C@@](C)(CC(=O)O)C[C@H](c2cccc(Cl)c2)[C@H]1c1ccc(Cl)cc1. The molecule has 0 aromatic heterocycles. The van der Waals surface area contributed by atoms with Crippen LogP contribution in [0.1, 0.15) is 56.2 Å². The van der Waals surface area contributed by atoms with Crippen LogP contribution in [0.4, 0.5) is 0 Å². The number of amides is 1. The maximum Gasteiger partial charge on any atom is 0.304 e. The van der Waals surface area contributed by atoms with Gasteiger partial charge in [-0.2, -0.15) is 0 Å². The van der Waals surface area contributed by atoms with E-state index in [1.807, 2.05) is 60.4 Å². The topological polar surface area (TPSA) is 78.9 Å². The van der Waals surface area contributed by atoms with Crippen LogP contribution >= 0.6 is 23.2 Å². The van der Waals surface area contributed by atoms with Crippen molar-refractivity contribution >= 4 is 35.1 Å². The summed E-state index contributed by atoms with van der Waals surface area (Å²) in [5.74, 6) is -1.30. The van der Waals surface area contributed by atoms with Crippen molar-refractivity contribution in [3.63, 3.8) is 0 Å². The highest BCUT2D eigenvalue weighted by Crippen LogP contribution is 2.52. The van der Waals surface area contributed by atoms with Gasteiger partial charge in [0.15, 0.2) is 0 Å². The van der Waals surface area contributed by atoms with Crippen molar-refractivity contribution in [2.24, 2.45) is 5.41 Å². The van der Waals surface area contributed by atoms with Crippen LogP contribution in [0.15, 0.2) is 48.5 Å². The van der Waals surface area contributed by atoms with Gasteiger partial charge in [-0.1, -0.05) is 61.3 Å². The molecule has 2 saturated heterocycles. The fourth-order valence-corrected chi connectivity index (χ4v) is 6.04. The number of benzene rings is 2.